The quantitative estimate of drug-likeness (QED) is 0.696. The first-order chi connectivity index (χ1) is 15.9. The third-order valence-electron chi connectivity index (χ3n) is 8.99. The zero-order valence-electron chi connectivity index (χ0n) is 19.1. The molecule has 3 atom stereocenters. The van der Waals surface area contributed by atoms with E-state index in [1.807, 2.05) is 12.1 Å². The summed E-state index contributed by atoms with van der Waals surface area (Å²) in [5.74, 6) is 1.28. The zero-order valence-corrected chi connectivity index (χ0v) is 19.9. The molecule has 2 N–H and O–H groups in total. The highest BCUT2D eigenvalue weighted by Gasteiger charge is 2.60. The number of carbonyl (C=O) groups is 1. The minimum absolute atomic E-state index is 0.120. The second-order valence-corrected chi connectivity index (χ2v) is 11.3. The Kier molecular flexibility index (Phi) is 5.22. The van der Waals surface area contributed by atoms with Crippen LogP contribution in [0.3, 0.4) is 0 Å². The number of anilines is 1. The minimum atomic E-state index is -0.436. The number of hydrogen-bond donors (Lipinski definition) is 2. The molecule has 33 heavy (non-hydrogen) atoms. The molecule has 2 aliphatic heterocycles. The van der Waals surface area contributed by atoms with Crippen LogP contribution in [0.15, 0.2) is 24.4 Å². The van der Waals surface area contributed by atoms with Crippen LogP contribution in [0, 0.1) is 11.3 Å². The number of carbonyl (C=O) groups excluding carboxylic acids is 1. The van der Waals surface area contributed by atoms with Crippen molar-refractivity contribution in [2.24, 2.45) is 11.3 Å². The van der Waals surface area contributed by atoms with Crippen molar-refractivity contribution < 1.29 is 14.6 Å². The standard InChI is InChI=1S/C26H32ClN3O3/c1-25(15-33-14-22(25)31)30-7-3-16(4-8-30)19-9-17-11-23(28-13-18(17)10-21(19)27)29-24(32)20-12-26(20)5-2-6-26/h9-11,13,16,20,22,31H,2-8,12,14-15H2,1H3,(H,28,29,32)/t20-,22+,25-/m0/s1. The lowest BCUT2D eigenvalue weighted by atomic mass is 9.80. The van der Waals surface area contributed by atoms with Crippen LogP contribution in [-0.4, -0.2) is 58.8 Å². The van der Waals surface area contributed by atoms with Crippen LogP contribution >= 0.6 is 11.6 Å². The van der Waals surface area contributed by atoms with Crippen molar-refractivity contribution in [2.45, 2.75) is 63.0 Å². The van der Waals surface area contributed by atoms with Gasteiger partial charge in [0, 0.05) is 22.5 Å². The van der Waals surface area contributed by atoms with Crippen molar-refractivity contribution in [3.8, 4) is 0 Å². The summed E-state index contributed by atoms with van der Waals surface area (Å²) in [5, 5.41) is 16.3. The van der Waals surface area contributed by atoms with E-state index in [1.54, 1.807) is 6.20 Å². The van der Waals surface area contributed by atoms with Crippen LogP contribution < -0.4 is 5.32 Å². The van der Waals surface area contributed by atoms with E-state index in [-0.39, 0.29) is 17.4 Å². The molecular weight excluding hydrogens is 438 g/mol. The fourth-order valence-corrected chi connectivity index (χ4v) is 6.66. The maximum atomic E-state index is 12.7. The number of pyridine rings is 1. The maximum Gasteiger partial charge on any atom is 0.229 e. The van der Waals surface area contributed by atoms with Gasteiger partial charge in [0.25, 0.3) is 0 Å². The Morgan fingerprint density at radius 3 is 2.67 bits per heavy atom. The third kappa shape index (κ3) is 3.66. The van der Waals surface area contributed by atoms with E-state index in [4.69, 9.17) is 16.3 Å². The SMILES string of the molecule is C[C@]1(N2CCC(c3cc4cc(NC(=O)[C@@H]5CC56CCC6)ncc4cc3Cl)CC2)COC[C@H]1O. The number of nitrogens with one attached hydrogen (secondary N) is 1. The van der Waals surface area contributed by atoms with Crippen LogP contribution in [0.25, 0.3) is 10.8 Å². The second-order valence-electron chi connectivity index (χ2n) is 10.9. The molecule has 0 unspecified atom stereocenters. The van der Waals surface area contributed by atoms with Gasteiger partial charge < -0.3 is 15.2 Å². The van der Waals surface area contributed by atoms with Crippen LogP contribution in [-0.2, 0) is 9.53 Å². The Morgan fingerprint density at radius 1 is 1.24 bits per heavy atom. The number of rotatable bonds is 4. The number of aromatic nitrogens is 1. The molecule has 2 aromatic rings. The molecule has 7 heteroatoms. The van der Waals surface area contributed by atoms with Gasteiger partial charge in [0.15, 0.2) is 0 Å². The Bertz CT molecular complexity index is 1100. The number of ether oxygens (including phenoxy) is 1. The zero-order chi connectivity index (χ0) is 22.8. The first-order valence-corrected chi connectivity index (χ1v) is 12.7. The first-order valence-electron chi connectivity index (χ1n) is 12.3. The molecule has 176 valence electrons. The summed E-state index contributed by atoms with van der Waals surface area (Å²) in [6.07, 6.45) is 8.04. The molecule has 3 heterocycles. The van der Waals surface area contributed by atoms with Gasteiger partial charge in [-0.1, -0.05) is 18.0 Å². The molecule has 1 amide bonds. The topological polar surface area (TPSA) is 74.7 Å². The van der Waals surface area contributed by atoms with Gasteiger partial charge in [0.2, 0.25) is 5.91 Å². The molecule has 6 nitrogen and oxygen atoms in total. The summed E-state index contributed by atoms with van der Waals surface area (Å²) in [6, 6.07) is 6.15. The summed E-state index contributed by atoms with van der Waals surface area (Å²) >= 11 is 6.71. The van der Waals surface area contributed by atoms with E-state index in [9.17, 15) is 9.90 Å². The Labute approximate surface area is 199 Å². The van der Waals surface area contributed by atoms with Crippen LogP contribution in [0.2, 0.25) is 5.02 Å². The Balaban J connectivity index is 1.17. The molecule has 4 aliphatic rings. The highest BCUT2D eigenvalue weighted by molar-refractivity contribution is 6.32. The number of benzene rings is 1. The molecule has 0 radical (unpaired) electrons. The molecule has 1 aromatic heterocycles. The average Bonchev–Trinajstić information content (AvgIpc) is 3.48. The number of piperidine rings is 1. The van der Waals surface area contributed by atoms with Gasteiger partial charge >= 0.3 is 0 Å². The number of nitrogens with zero attached hydrogens (tertiary/aromatic N) is 2. The number of aliphatic hydroxyl groups excluding tert-OH is 1. The van der Waals surface area contributed by atoms with Crippen LogP contribution in [0.5, 0.6) is 0 Å². The number of amides is 1. The van der Waals surface area contributed by atoms with E-state index in [0.29, 0.717) is 30.4 Å². The smallest absolute Gasteiger partial charge is 0.229 e. The van der Waals surface area contributed by atoms with Gasteiger partial charge in [0.05, 0.1) is 24.9 Å². The fraction of sp³-hybridized carbons (Fsp3) is 0.615. The molecule has 6 rings (SSSR count). The predicted molar refractivity (Wildman–Crippen MR) is 129 cm³/mol. The number of likely N-dealkylation sites (tertiary alicyclic amines) is 1. The van der Waals surface area contributed by atoms with E-state index in [0.717, 1.165) is 53.7 Å². The van der Waals surface area contributed by atoms with Crippen molar-refractivity contribution in [1.82, 2.24) is 9.88 Å². The molecule has 4 fully saturated rings. The summed E-state index contributed by atoms with van der Waals surface area (Å²) < 4.78 is 5.53. The Morgan fingerprint density at radius 2 is 2.03 bits per heavy atom. The Hall–Kier alpha value is -1.73. The molecular formula is C26H32ClN3O3. The summed E-state index contributed by atoms with van der Waals surface area (Å²) in [6.45, 7) is 4.93. The molecule has 1 spiro atoms. The van der Waals surface area contributed by atoms with Gasteiger partial charge in [-0.15, -0.1) is 0 Å². The molecule has 2 saturated carbocycles. The summed E-state index contributed by atoms with van der Waals surface area (Å²) in [5.41, 5.74) is 1.18. The lowest BCUT2D eigenvalue weighted by molar-refractivity contribution is -0.118. The lowest BCUT2D eigenvalue weighted by Gasteiger charge is -2.43. The summed E-state index contributed by atoms with van der Waals surface area (Å²) in [7, 11) is 0. The van der Waals surface area contributed by atoms with E-state index < -0.39 is 6.10 Å². The van der Waals surface area contributed by atoms with E-state index in [2.05, 4.69) is 28.2 Å². The molecule has 2 aliphatic carbocycles. The summed E-state index contributed by atoms with van der Waals surface area (Å²) in [4.78, 5) is 19.5. The van der Waals surface area contributed by atoms with Gasteiger partial charge in [-0.25, -0.2) is 4.98 Å². The largest absolute Gasteiger partial charge is 0.389 e. The van der Waals surface area contributed by atoms with Crippen LogP contribution in [0.4, 0.5) is 5.82 Å². The molecule has 1 aromatic carbocycles. The van der Waals surface area contributed by atoms with E-state index in [1.165, 1.54) is 19.3 Å². The number of hydrogen-bond acceptors (Lipinski definition) is 5. The van der Waals surface area contributed by atoms with Gasteiger partial charge in [0.1, 0.15) is 5.82 Å². The van der Waals surface area contributed by atoms with Crippen molar-refractivity contribution in [3.05, 3.63) is 35.0 Å². The number of aliphatic hydroxyl groups is 1. The monoisotopic (exact) mass is 469 g/mol. The van der Waals surface area contributed by atoms with E-state index >= 15 is 0 Å². The fourth-order valence-electron chi connectivity index (χ4n) is 6.34. The number of fused-ring (bicyclic) bond motifs is 1. The highest BCUT2D eigenvalue weighted by atomic mass is 35.5. The van der Waals surface area contributed by atoms with Crippen LogP contribution in [0.1, 0.15) is 56.9 Å². The predicted octanol–water partition coefficient (Wildman–Crippen LogP) is 4.35. The highest BCUT2D eigenvalue weighted by Crippen LogP contribution is 2.65. The lowest BCUT2D eigenvalue weighted by Crippen LogP contribution is -2.56. The second kappa shape index (κ2) is 7.91. The number of halogens is 1. The van der Waals surface area contributed by atoms with Gasteiger partial charge in [-0.05, 0) is 92.6 Å². The minimum Gasteiger partial charge on any atom is -0.389 e. The normalized spacial score (nSPS) is 31.6. The molecule has 2 saturated heterocycles. The van der Waals surface area contributed by atoms with Crippen molar-refractivity contribution in [1.29, 1.82) is 0 Å². The van der Waals surface area contributed by atoms with Gasteiger partial charge in [-0.2, -0.15) is 0 Å². The first kappa shape index (κ1) is 21.8. The maximum absolute atomic E-state index is 12.7. The van der Waals surface area contributed by atoms with Crippen molar-refractivity contribution in [3.63, 3.8) is 0 Å². The van der Waals surface area contributed by atoms with Gasteiger partial charge in [-0.3, -0.25) is 9.69 Å². The average molecular weight is 470 g/mol. The van der Waals surface area contributed by atoms with Crippen molar-refractivity contribution >= 4 is 34.1 Å². The van der Waals surface area contributed by atoms with Crippen molar-refractivity contribution in [2.75, 3.05) is 31.6 Å². The molecule has 0 bridgehead atoms. The third-order valence-corrected chi connectivity index (χ3v) is 9.32.